The van der Waals surface area contributed by atoms with Gasteiger partial charge in [0.1, 0.15) is 0 Å². The molecule has 2 aromatic carbocycles. The lowest BCUT2D eigenvalue weighted by atomic mass is 10.1. The van der Waals surface area contributed by atoms with Gasteiger partial charge in [0.2, 0.25) is 0 Å². The first-order valence-corrected chi connectivity index (χ1v) is 10.3. The van der Waals surface area contributed by atoms with E-state index in [1.807, 2.05) is 30.3 Å². The number of hydrogen-bond donors (Lipinski definition) is 1. The average Bonchev–Trinajstić information content (AvgIpc) is 2.73. The Morgan fingerprint density at radius 2 is 1.36 bits per heavy atom. The number of rotatable bonds is 12. The summed E-state index contributed by atoms with van der Waals surface area (Å²) < 4.78 is 5.23. The summed E-state index contributed by atoms with van der Waals surface area (Å²) in [4.78, 5) is 11.8. The highest BCUT2D eigenvalue weighted by molar-refractivity contribution is 5.84. The largest absolute Gasteiger partial charge is 0.449 e. The van der Waals surface area contributed by atoms with Gasteiger partial charge in [0.25, 0.3) is 0 Å². The molecule has 0 aliphatic rings. The molecule has 0 bridgehead atoms. The SMILES string of the molecule is CCCCCCCCCCOC(=O)Nc1ccc(N=Nc2ccccc2)cc1. The Labute approximate surface area is 168 Å². The number of nitrogens with one attached hydrogen (secondary N) is 1. The van der Waals surface area contributed by atoms with Gasteiger partial charge < -0.3 is 4.74 Å². The van der Waals surface area contributed by atoms with E-state index in [-0.39, 0.29) is 0 Å². The molecule has 5 nitrogen and oxygen atoms in total. The van der Waals surface area contributed by atoms with Gasteiger partial charge in [0, 0.05) is 5.69 Å². The number of carbonyl (C=O) groups is 1. The first-order valence-electron chi connectivity index (χ1n) is 10.3. The van der Waals surface area contributed by atoms with E-state index in [1.54, 1.807) is 24.3 Å². The third-order valence-corrected chi connectivity index (χ3v) is 4.38. The Morgan fingerprint density at radius 3 is 2.00 bits per heavy atom. The summed E-state index contributed by atoms with van der Waals surface area (Å²) in [6.45, 7) is 2.69. The van der Waals surface area contributed by atoms with E-state index in [0.29, 0.717) is 12.3 Å². The highest BCUT2D eigenvalue weighted by atomic mass is 16.5. The quantitative estimate of drug-likeness (QED) is 0.301. The number of benzene rings is 2. The fraction of sp³-hybridized carbons (Fsp3) is 0.435. The molecule has 0 fully saturated rings. The Balaban J connectivity index is 1.60. The highest BCUT2D eigenvalue weighted by Crippen LogP contribution is 2.20. The molecule has 0 unspecified atom stereocenters. The van der Waals surface area contributed by atoms with Gasteiger partial charge in [0.05, 0.1) is 18.0 Å². The molecule has 2 rings (SSSR count). The van der Waals surface area contributed by atoms with Crippen LogP contribution in [0.5, 0.6) is 0 Å². The normalized spacial score (nSPS) is 10.9. The highest BCUT2D eigenvalue weighted by Gasteiger charge is 2.03. The van der Waals surface area contributed by atoms with Crippen LogP contribution in [0.15, 0.2) is 64.8 Å². The lowest BCUT2D eigenvalue weighted by Gasteiger charge is -2.07. The molecule has 0 radical (unpaired) electrons. The van der Waals surface area contributed by atoms with Crippen molar-refractivity contribution in [3.8, 4) is 0 Å². The maximum atomic E-state index is 11.8. The Kier molecular flexibility index (Phi) is 10.4. The van der Waals surface area contributed by atoms with Crippen LogP contribution in [0.3, 0.4) is 0 Å². The smallest absolute Gasteiger partial charge is 0.411 e. The lowest BCUT2D eigenvalue weighted by Crippen LogP contribution is -2.14. The second-order valence-electron chi connectivity index (χ2n) is 6.82. The molecule has 2 aromatic rings. The summed E-state index contributed by atoms with van der Waals surface area (Å²) in [6.07, 6.45) is 9.37. The number of ether oxygens (including phenoxy) is 1. The number of nitrogens with zero attached hydrogens (tertiary/aromatic N) is 2. The van der Waals surface area contributed by atoms with Crippen LogP contribution in [0.1, 0.15) is 58.3 Å². The summed E-state index contributed by atoms with van der Waals surface area (Å²) in [5.41, 5.74) is 2.20. The number of unbranched alkanes of at least 4 members (excludes halogenated alkanes) is 7. The van der Waals surface area contributed by atoms with Crippen LogP contribution in [0.4, 0.5) is 21.9 Å². The number of anilines is 1. The fourth-order valence-corrected chi connectivity index (χ4v) is 2.78. The van der Waals surface area contributed by atoms with E-state index in [1.165, 1.54) is 38.5 Å². The van der Waals surface area contributed by atoms with E-state index in [9.17, 15) is 4.79 Å². The number of amides is 1. The number of azo groups is 1. The standard InChI is InChI=1S/C23H31N3O2/c1-2-3-4-5-6-7-8-12-19-28-23(27)24-20-15-17-22(18-16-20)26-25-21-13-10-9-11-14-21/h9-11,13-18H,2-8,12,19H2,1H3,(H,24,27). The summed E-state index contributed by atoms with van der Waals surface area (Å²) in [7, 11) is 0. The average molecular weight is 382 g/mol. The lowest BCUT2D eigenvalue weighted by molar-refractivity contribution is 0.159. The van der Waals surface area contributed by atoms with Crippen LogP contribution in [0.25, 0.3) is 0 Å². The molecule has 28 heavy (non-hydrogen) atoms. The third kappa shape index (κ3) is 9.31. The van der Waals surface area contributed by atoms with E-state index >= 15 is 0 Å². The van der Waals surface area contributed by atoms with Gasteiger partial charge in [-0.25, -0.2) is 4.79 Å². The van der Waals surface area contributed by atoms with Gasteiger partial charge in [-0.3, -0.25) is 5.32 Å². The summed E-state index contributed by atoms with van der Waals surface area (Å²) in [5.74, 6) is 0. The molecule has 1 N–H and O–H groups in total. The zero-order valence-electron chi connectivity index (χ0n) is 16.8. The minimum atomic E-state index is -0.415. The predicted octanol–water partition coefficient (Wildman–Crippen LogP) is 7.79. The van der Waals surface area contributed by atoms with Gasteiger partial charge in [0.15, 0.2) is 0 Å². The van der Waals surface area contributed by atoms with Crippen molar-refractivity contribution in [2.45, 2.75) is 58.3 Å². The zero-order chi connectivity index (χ0) is 19.9. The van der Waals surface area contributed by atoms with Gasteiger partial charge in [-0.15, -0.1) is 0 Å². The molecule has 0 atom stereocenters. The molecule has 0 aliphatic carbocycles. The van der Waals surface area contributed by atoms with E-state index in [0.717, 1.165) is 24.2 Å². The predicted molar refractivity (Wildman–Crippen MR) is 115 cm³/mol. The topological polar surface area (TPSA) is 63.0 Å². The van der Waals surface area contributed by atoms with E-state index < -0.39 is 6.09 Å². The first kappa shape index (κ1) is 21.6. The second-order valence-corrected chi connectivity index (χ2v) is 6.82. The van der Waals surface area contributed by atoms with Crippen molar-refractivity contribution in [3.05, 3.63) is 54.6 Å². The molecular weight excluding hydrogens is 350 g/mol. The molecule has 0 spiro atoms. The number of carbonyl (C=O) groups excluding carboxylic acids is 1. The minimum absolute atomic E-state index is 0.415. The number of hydrogen-bond acceptors (Lipinski definition) is 4. The van der Waals surface area contributed by atoms with Gasteiger partial charge >= 0.3 is 6.09 Å². The molecule has 0 saturated carbocycles. The molecule has 1 amide bonds. The molecule has 0 saturated heterocycles. The van der Waals surface area contributed by atoms with Crippen LogP contribution in [-0.4, -0.2) is 12.7 Å². The van der Waals surface area contributed by atoms with Crippen molar-refractivity contribution in [1.82, 2.24) is 0 Å². The summed E-state index contributed by atoms with van der Waals surface area (Å²) >= 11 is 0. The molecular formula is C23H31N3O2. The van der Waals surface area contributed by atoms with Crippen LogP contribution in [-0.2, 0) is 4.74 Å². The molecule has 0 aliphatic heterocycles. The maximum Gasteiger partial charge on any atom is 0.411 e. The molecule has 5 heteroatoms. The van der Waals surface area contributed by atoms with Crippen LogP contribution in [0, 0.1) is 0 Å². The fourth-order valence-electron chi connectivity index (χ4n) is 2.78. The van der Waals surface area contributed by atoms with Crippen LogP contribution >= 0.6 is 0 Å². The van der Waals surface area contributed by atoms with Crippen molar-refractivity contribution in [2.75, 3.05) is 11.9 Å². The van der Waals surface area contributed by atoms with Crippen LogP contribution < -0.4 is 5.32 Å². The first-order chi connectivity index (χ1) is 13.8. The zero-order valence-corrected chi connectivity index (χ0v) is 16.8. The second kappa shape index (κ2) is 13.5. The van der Waals surface area contributed by atoms with Crippen molar-refractivity contribution in [1.29, 1.82) is 0 Å². The Bertz CT molecular complexity index is 700. The van der Waals surface area contributed by atoms with Crippen molar-refractivity contribution in [3.63, 3.8) is 0 Å². The Hall–Kier alpha value is -2.69. The Morgan fingerprint density at radius 1 is 0.786 bits per heavy atom. The van der Waals surface area contributed by atoms with Crippen molar-refractivity contribution < 1.29 is 9.53 Å². The molecule has 150 valence electrons. The molecule has 0 aromatic heterocycles. The third-order valence-electron chi connectivity index (χ3n) is 4.38. The summed E-state index contributed by atoms with van der Waals surface area (Å²) in [5, 5.41) is 11.1. The van der Waals surface area contributed by atoms with Gasteiger partial charge in [-0.05, 0) is 42.8 Å². The summed E-state index contributed by atoms with van der Waals surface area (Å²) in [6, 6.07) is 16.7. The van der Waals surface area contributed by atoms with Crippen LogP contribution in [0.2, 0.25) is 0 Å². The van der Waals surface area contributed by atoms with Crippen molar-refractivity contribution >= 4 is 23.2 Å². The minimum Gasteiger partial charge on any atom is -0.449 e. The van der Waals surface area contributed by atoms with E-state index in [2.05, 4.69) is 22.5 Å². The maximum absolute atomic E-state index is 11.8. The monoisotopic (exact) mass is 381 g/mol. The van der Waals surface area contributed by atoms with E-state index in [4.69, 9.17) is 4.74 Å². The van der Waals surface area contributed by atoms with Crippen molar-refractivity contribution in [2.24, 2.45) is 10.2 Å². The van der Waals surface area contributed by atoms with Gasteiger partial charge in [-0.1, -0.05) is 70.1 Å². The molecule has 0 heterocycles. The van der Waals surface area contributed by atoms with Gasteiger partial charge in [-0.2, -0.15) is 10.2 Å².